The molecule has 0 aliphatic carbocycles. The lowest BCUT2D eigenvalue weighted by Crippen LogP contribution is -2.42. The molecule has 0 radical (unpaired) electrons. The number of nitrogens with zero attached hydrogens (tertiary/aromatic N) is 2. The number of ether oxygens (including phenoxy) is 2. The number of hydrogen-bond acceptors (Lipinski definition) is 7. The second-order valence-electron chi connectivity index (χ2n) is 7.04. The van der Waals surface area contributed by atoms with Crippen LogP contribution in [0.15, 0.2) is 29.3 Å². The highest BCUT2D eigenvalue weighted by Gasteiger charge is 2.43. The van der Waals surface area contributed by atoms with Crippen LogP contribution in [0, 0.1) is 0 Å². The third-order valence-electron chi connectivity index (χ3n) is 4.51. The van der Waals surface area contributed by atoms with Crippen molar-refractivity contribution in [2.75, 3.05) is 32.3 Å². The molecular weight excluding hydrogens is 383 g/mol. The lowest BCUT2D eigenvalue weighted by atomic mass is 10.0. The second-order valence-corrected chi connectivity index (χ2v) is 9.38. The summed E-state index contributed by atoms with van der Waals surface area (Å²) in [5.41, 5.74) is 1.82. The fraction of sp³-hybridized carbons (Fsp3) is 0.474. The van der Waals surface area contributed by atoms with Crippen LogP contribution in [0.1, 0.15) is 31.9 Å². The number of aliphatic imine (C=N–C) groups is 1. The van der Waals surface area contributed by atoms with Gasteiger partial charge in [-0.2, -0.15) is 0 Å². The number of rotatable bonds is 5. The average Bonchev–Trinajstić information content (AvgIpc) is 3.06. The molecule has 1 aromatic carbocycles. The summed E-state index contributed by atoms with van der Waals surface area (Å²) in [5.74, 6) is -0.371. The third-order valence-corrected chi connectivity index (χ3v) is 6.58. The van der Waals surface area contributed by atoms with Crippen LogP contribution < -0.4 is 4.90 Å². The monoisotopic (exact) mass is 408 g/mol. The molecule has 1 atom stereocenters. The van der Waals surface area contributed by atoms with Gasteiger partial charge >= 0.3 is 13.7 Å². The first kappa shape index (κ1) is 20.6. The summed E-state index contributed by atoms with van der Waals surface area (Å²) in [6.07, 6.45) is 2.78. The Labute approximate surface area is 164 Å². The Hall–Kier alpha value is -2.15. The first-order valence-electron chi connectivity index (χ1n) is 8.97. The van der Waals surface area contributed by atoms with Gasteiger partial charge in [-0.25, -0.2) is 9.79 Å². The Morgan fingerprint density at radius 1 is 1.36 bits per heavy atom. The predicted octanol–water partition coefficient (Wildman–Crippen LogP) is 4.04. The van der Waals surface area contributed by atoms with Gasteiger partial charge in [0.15, 0.2) is 5.78 Å². The molecule has 1 amide bonds. The van der Waals surface area contributed by atoms with Crippen molar-refractivity contribution in [2.24, 2.45) is 4.99 Å². The van der Waals surface area contributed by atoms with Crippen LogP contribution >= 0.6 is 7.60 Å². The number of carbonyl (C=O) groups excluding carboxylic acids is 1. The van der Waals surface area contributed by atoms with E-state index in [0.29, 0.717) is 18.2 Å². The van der Waals surface area contributed by atoms with Gasteiger partial charge in [0.2, 0.25) is 5.90 Å². The van der Waals surface area contributed by atoms with Gasteiger partial charge in [0.05, 0.1) is 17.8 Å². The largest absolute Gasteiger partial charge is 0.475 e. The van der Waals surface area contributed by atoms with Crippen molar-refractivity contribution in [1.82, 2.24) is 0 Å². The van der Waals surface area contributed by atoms with Crippen LogP contribution in [0.3, 0.4) is 0 Å². The van der Waals surface area contributed by atoms with E-state index in [4.69, 9.17) is 18.5 Å². The molecule has 28 heavy (non-hydrogen) atoms. The van der Waals surface area contributed by atoms with Crippen molar-refractivity contribution in [2.45, 2.75) is 32.1 Å². The minimum atomic E-state index is -3.61. The Morgan fingerprint density at radius 3 is 2.64 bits per heavy atom. The zero-order valence-electron chi connectivity index (χ0n) is 16.7. The molecule has 0 aromatic heterocycles. The summed E-state index contributed by atoms with van der Waals surface area (Å²) in [6.45, 7) is 6.40. The van der Waals surface area contributed by atoms with Crippen molar-refractivity contribution in [3.8, 4) is 0 Å². The lowest BCUT2D eigenvalue weighted by Gasteiger charge is -2.35. The van der Waals surface area contributed by atoms with E-state index in [1.54, 1.807) is 25.1 Å². The normalized spacial score (nSPS) is 20.4. The van der Waals surface area contributed by atoms with E-state index in [0.717, 1.165) is 11.1 Å². The van der Waals surface area contributed by atoms with Gasteiger partial charge in [-0.3, -0.25) is 9.46 Å². The van der Waals surface area contributed by atoms with Gasteiger partial charge in [-0.1, -0.05) is 6.08 Å². The minimum absolute atomic E-state index is 0.184. The Balaban J connectivity index is 2.05. The fourth-order valence-electron chi connectivity index (χ4n) is 3.13. The summed E-state index contributed by atoms with van der Waals surface area (Å²) in [4.78, 5) is 18.6. The molecule has 2 aliphatic rings. The fourth-order valence-corrected chi connectivity index (χ4v) is 4.51. The van der Waals surface area contributed by atoms with E-state index in [9.17, 15) is 9.36 Å². The van der Waals surface area contributed by atoms with Gasteiger partial charge < -0.3 is 18.5 Å². The molecule has 0 saturated heterocycles. The Bertz CT molecular complexity index is 871. The van der Waals surface area contributed by atoms with Crippen molar-refractivity contribution >= 4 is 31.4 Å². The van der Waals surface area contributed by atoms with Crippen LogP contribution in [0.4, 0.5) is 10.5 Å². The van der Waals surface area contributed by atoms with E-state index >= 15 is 0 Å². The van der Waals surface area contributed by atoms with E-state index < -0.39 is 19.5 Å². The molecule has 2 heterocycles. The number of fused-ring (bicyclic) bond motifs is 1. The van der Waals surface area contributed by atoms with Crippen molar-refractivity contribution in [3.05, 3.63) is 35.4 Å². The Kier molecular flexibility index (Phi) is 5.66. The molecule has 2 aliphatic heterocycles. The van der Waals surface area contributed by atoms with Gasteiger partial charge in [-0.15, -0.1) is 0 Å². The molecule has 0 bridgehead atoms. The summed E-state index contributed by atoms with van der Waals surface area (Å²) in [7, 11) is -1.03. The maximum absolute atomic E-state index is 13.0. The molecule has 8 nitrogen and oxygen atoms in total. The second kappa shape index (κ2) is 7.70. The SMILES string of the molecule is CCOC(=O)N1c2ccc(C3=NC(C)(C)CO3)cc2C=CC1P(=O)(OC)OC. The van der Waals surface area contributed by atoms with Crippen molar-refractivity contribution in [3.63, 3.8) is 0 Å². The van der Waals surface area contributed by atoms with Crippen LogP contribution in [0.5, 0.6) is 0 Å². The highest BCUT2D eigenvalue weighted by molar-refractivity contribution is 7.55. The zero-order chi connectivity index (χ0) is 20.5. The van der Waals surface area contributed by atoms with Crippen LogP contribution in [-0.4, -0.2) is 50.7 Å². The van der Waals surface area contributed by atoms with E-state index in [1.807, 2.05) is 26.0 Å². The lowest BCUT2D eigenvalue weighted by molar-refractivity contribution is 0.158. The van der Waals surface area contributed by atoms with Crippen LogP contribution in [0.25, 0.3) is 6.08 Å². The maximum Gasteiger partial charge on any atom is 0.415 e. The molecule has 1 aromatic rings. The van der Waals surface area contributed by atoms with Crippen LogP contribution in [-0.2, 0) is 23.1 Å². The molecule has 9 heteroatoms. The quantitative estimate of drug-likeness (QED) is 0.684. The molecule has 0 spiro atoms. The molecule has 152 valence electrons. The molecule has 0 saturated carbocycles. The summed E-state index contributed by atoms with van der Waals surface area (Å²) in [6, 6.07) is 5.44. The van der Waals surface area contributed by atoms with E-state index in [1.165, 1.54) is 19.1 Å². The van der Waals surface area contributed by atoms with E-state index in [-0.39, 0.29) is 12.1 Å². The first-order chi connectivity index (χ1) is 13.2. The molecular formula is C19H25N2O6P. The maximum atomic E-state index is 13.0. The Morgan fingerprint density at radius 2 is 2.07 bits per heavy atom. The summed E-state index contributed by atoms with van der Waals surface area (Å²) in [5, 5.41) is 0. The number of amides is 1. The predicted molar refractivity (Wildman–Crippen MR) is 107 cm³/mol. The smallest absolute Gasteiger partial charge is 0.415 e. The highest BCUT2D eigenvalue weighted by Crippen LogP contribution is 2.56. The number of carbonyl (C=O) groups is 1. The summed E-state index contributed by atoms with van der Waals surface area (Å²) < 4.78 is 34.1. The topological polar surface area (TPSA) is 86.7 Å². The number of benzene rings is 1. The molecule has 0 N–H and O–H groups in total. The van der Waals surface area contributed by atoms with Gasteiger partial charge in [-0.05, 0) is 50.6 Å². The molecule has 0 fully saturated rings. The van der Waals surface area contributed by atoms with Crippen molar-refractivity contribution < 1.29 is 27.9 Å². The number of hydrogen-bond donors (Lipinski definition) is 0. The standard InChI is InChI=1S/C19H25N2O6P/c1-6-26-18(22)21-15-9-7-14(17-20-19(2,3)12-27-17)11-13(15)8-10-16(21)28(23,24-4)25-5/h7-11,16H,6,12H2,1-5H3. The minimum Gasteiger partial charge on any atom is -0.475 e. The van der Waals surface area contributed by atoms with Gasteiger partial charge in [0.25, 0.3) is 0 Å². The molecule has 1 unspecified atom stereocenters. The molecule has 3 rings (SSSR count). The summed E-state index contributed by atoms with van der Waals surface area (Å²) >= 11 is 0. The third kappa shape index (κ3) is 3.72. The van der Waals surface area contributed by atoms with E-state index in [2.05, 4.69) is 4.99 Å². The van der Waals surface area contributed by atoms with Gasteiger partial charge in [0.1, 0.15) is 6.61 Å². The van der Waals surface area contributed by atoms with Gasteiger partial charge in [0, 0.05) is 19.8 Å². The number of anilines is 1. The first-order valence-corrected chi connectivity index (χ1v) is 10.6. The average molecular weight is 408 g/mol. The van der Waals surface area contributed by atoms with Crippen molar-refractivity contribution in [1.29, 1.82) is 0 Å². The highest BCUT2D eigenvalue weighted by atomic mass is 31.2. The zero-order valence-corrected chi connectivity index (χ0v) is 17.6. The van der Waals surface area contributed by atoms with Crippen LogP contribution in [0.2, 0.25) is 0 Å².